The highest BCUT2D eigenvalue weighted by Crippen LogP contribution is 2.21. The lowest BCUT2D eigenvalue weighted by Crippen LogP contribution is -2.46. The summed E-state index contributed by atoms with van der Waals surface area (Å²) in [5, 5.41) is 3.65. The Labute approximate surface area is 109 Å². The van der Waals surface area contributed by atoms with Crippen LogP contribution in [0.2, 0.25) is 0 Å². The first-order valence-electron chi connectivity index (χ1n) is 7.19. The monoisotopic (exact) mass is 255 g/mol. The maximum Gasteiger partial charge on any atom is 0.0285 e. The molecule has 0 radical (unpaired) electrons. The molecule has 0 spiro atoms. The van der Waals surface area contributed by atoms with Crippen molar-refractivity contribution >= 4 is 11.8 Å². The molecule has 0 aromatic rings. The maximum atomic E-state index is 3.65. The minimum absolute atomic E-state index is 0.742. The van der Waals surface area contributed by atoms with Gasteiger partial charge in [-0.15, -0.1) is 0 Å². The number of hydrogen-bond acceptors (Lipinski definition) is 4. The fourth-order valence-corrected chi connectivity index (χ4v) is 4.37. The SMILES string of the molecule is C1CCN(C2CCN(CC3CSCCN3)C2)C1. The van der Waals surface area contributed by atoms with Gasteiger partial charge in [-0.2, -0.15) is 11.8 Å². The van der Waals surface area contributed by atoms with Crippen molar-refractivity contribution in [1.29, 1.82) is 0 Å². The van der Waals surface area contributed by atoms with E-state index in [-0.39, 0.29) is 0 Å². The molecule has 0 amide bonds. The summed E-state index contributed by atoms with van der Waals surface area (Å²) in [6.45, 7) is 7.84. The Morgan fingerprint density at radius 1 is 1.18 bits per heavy atom. The van der Waals surface area contributed by atoms with Crippen molar-refractivity contribution in [2.45, 2.75) is 31.3 Å². The van der Waals surface area contributed by atoms with Gasteiger partial charge >= 0.3 is 0 Å². The molecule has 0 aromatic carbocycles. The third-order valence-corrected chi connectivity index (χ3v) is 5.51. The molecule has 0 saturated carbocycles. The summed E-state index contributed by atoms with van der Waals surface area (Å²) in [7, 11) is 0. The first-order chi connectivity index (χ1) is 8.42. The number of thioether (sulfide) groups is 1. The molecule has 1 N–H and O–H groups in total. The molecule has 3 saturated heterocycles. The minimum atomic E-state index is 0.742. The Hall–Kier alpha value is 0.230. The van der Waals surface area contributed by atoms with Crippen molar-refractivity contribution in [2.24, 2.45) is 0 Å². The minimum Gasteiger partial charge on any atom is -0.311 e. The van der Waals surface area contributed by atoms with Gasteiger partial charge in [-0.3, -0.25) is 4.90 Å². The normalized spacial score (nSPS) is 36.7. The first kappa shape index (κ1) is 12.3. The average Bonchev–Trinajstić information content (AvgIpc) is 3.00. The first-order valence-corrected chi connectivity index (χ1v) is 8.35. The molecule has 3 aliphatic rings. The van der Waals surface area contributed by atoms with Gasteiger partial charge < -0.3 is 10.2 Å². The summed E-state index contributed by atoms with van der Waals surface area (Å²) < 4.78 is 0. The van der Waals surface area contributed by atoms with Gasteiger partial charge in [0.1, 0.15) is 0 Å². The molecular weight excluding hydrogens is 230 g/mol. The summed E-state index contributed by atoms with van der Waals surface area (Å²) in [5.74, 6) is 2.61. The maximum absolute atomic E-state index is 3.65. The number of nitrogens with zero attached hydrogens (tertiary/aromatic N) is 2. The molecule has 2 atom stereocenters. The van der Waals surface area contributed by atoms with Gasteiger partial charge in [0.25, 0.3) is 0 Å². The second-order valence-corrected chi connectivity index (χ2v) is 6.82. The summed E-state index contributed by atoms with van der Waals surface area (Å²) in [6, 6.07) is 1.61. The molecule has 0 aliphatic carbocycles. The van der Waals surface area contributed by atoms with E-state index in [1.54, 1.807) is 0 Å². The highest BCUT2D eigenvalue weighted by Gasteiger charge is 2.30. The molecule has 0 bridgehead atoms. The molecule has 3 heterocycles. The molecule has 17 heavy (non-hydrogen) atoms. The lowest BCUT2D eigenvalue weighted by molar-refractivity contribution is 0.225. The lowest BCUT2D eigenvalue weighted by Gasteiger charge is -2.28. The summed E-state index contributed by atoms with van der Waals surface area (Å²) >= 11 is 2.11. The van der Waals surface area contributed by atoms with Gasteiger partial charge in [0.15, 0.2) is 0 Å². The van der Waals surface area contributed by atoms with Crippen molar-refractivity contribution < 1.29 is 0 Å². The van der Waals surface area contributed by atoms with E-state index in [1.165, 1.54) is 70.0 Å². The topological polar surface area (TPSA) is 18.5 Å². The van der Waals surface area contributed by atoms with Crippen LogP contribution >= 0.6 is 11.8 Å². The fourth-order valence-electron chi connectivity index (χ4n) is 3.43. The zero-order valence-electron chi connectivity index (χ0n) is 10.7. The zero-order chi connectivity index (χ0) is 11.5. The van der Waals surface area contributed by atoms with E-state index in [0.29, 0.717) is 0 Å². The number of hydrogen-bond donors (Lipinski definition) is 1. The van der Waals surface area contributed by atoms with Crippen molar-refractivity contribution in [3.05, 3.63) is 0 Å². The van der Waals surface area contributed by atoms with Crippen LogP contribution in [0.25, 0.3) is 0 Å². The molecule has 3 fully saturated rings. The van der Waals surface area contributed by atoms with E-state index in [2.05, 4.69) is 26.9 Å². The molecule has 4 heteroatoms. The predicted octanol–water partition coefficient (Wildman–Crippen LogP) is 0.861. The number of rotatable bonds is 3. The molecule has 3 aliphatic heterocycles. The van der Waals surface area contributed by atoms with Gasteiger partial charge in [0.2, 0.25) is 0 Å². The molecule has 3 nitrogen and oxygen atoms in total. The van der Waals surface area contributed by atoms with Crippen LogP contribution in [0.3, 0.4) is 0 Å². The number of nitrogens with one attached hydrogen (secondary N) is 1. The van der Waals surface area contributed by atoms with Crippen LogP contribution in [0.4, 0.5) is 0 Å². The Morgan fingerprint density at radius 2 is 2.06 bits per heavy atom. The van der Waals surface area contributed by atoms with Crippen molar-refractivity contribution in [2.75, 3.05) is 50.8 Å². The predicted molar refractivity (Wildman–Crippen MR) is 74.8 cm³/mol. The van der Waals surface area contributed by atoms with Crippen LogP contribution in [0.1, 0.15) is 19.3 Å². The highest BCUT2D eigenvalue weighted by molar-refractivity contribution is 7.99. The van der Waals surface area contributed by atoms with Crippen molar-refractivity contribution in [1.82, 2.24) is 15.1 Å². The molecular formula is C13H25N3S. The summed E-state index contributed by atoms with van der Waals surface area (Å²) in [5.41, 5.74) is 0. The van der Waals surface area contributed by atoms with E-state index >= 15 is 0 Å². The average molecular weight is 255 g/mol. The Balaban J connectivity index is 1.43. The van der Waals surface area contributed by atoms with Crippen molar-refractivity contribution in [3.63, 3.8) is 0 Å². The Kier molecular flexibility index (Phi) is 4.27. The van der Waals surface area contributed by atoms with E-state index < -0.39 is 0 Å². The third kappa shape index (κ3) is 3.16. The van der Waals surface area contributed by atoms with Crippen molar-refractivity contribution in [3.8, 4) is 0 Å². The van der Waals surface area contributed by atoms with Crippen LogP contribution in [0, 0.1) is 0 Å². The van der Waals surface area contributed by atoms with Crippen LogP contribution in [0.15, 0.2) is 0 Å². The lowest BCUT2D eigenvalue weighted by atomic mass is 10.2. The van der Waals surface area contributed by atoms with E-state index in [1.807, 2.05) is 0 Å². The van der Waals surface area contributed by atoms with Crippen LogP contribution in [0.5, 0.6) is 0 Å². The Bertz CT molecular complexity index is 237. The Morgan fingerprint density at radius 3 is 2.82 bits per heavy atom. The van der Waals surface area contributed by atoms with Crippen LogP contribution in [-0.2, 0) is 0 Å². The van der Waals surface area contributed by atoms with Gasteiger partial charge in [-0.05, 0) is 38.9 Å². The largest absolute Gasteiger partial charge is 0.311 e. The highest BCUT2D eigenvalue weighted by atomic mass is 32.2. The fraction of sp³-hybridized carbons (Fsp3) is 1.00. The molecule has 0 aromatic heterocycles. The van der Waals surface area contributed by atoms with E-state index in [4.69, 9.17) is 0 Å². The number of likely N-dealkylation sites (tertiary alicyclic amines) is 2. The molecule has 3 rings (SSSR count). The van der Waals surface area contributed by atoms with Gasteiger partial charge in [0.05, 0.1) is 0 Å². The van der Waals surface area contributed by atoms with Gasteiger partial charge in [-0.1, -0.05) is 0 Å². The van der Waals surface area contributed by atoms with Gasteiger partial charge in [-0.25, -0.2) is 0 Å². The van der Waals surface area contributed by atoms with Gasteiger partial charge in [0, 0.05) is 43.2 Å². The molecule has 2 unspecified atom stereocenters. The van der Waals surface area contributed by atoms with Crippen LogP contribution in [-0.4, -0.2) is 72.7 Å². The second kappa shape index (κ2) is 5.91. The summed E-state index contributed by atoms with van der Waals surface area (Å²) in [6.07, 6.45) is 4.26. The summed E-state index contributed by atoms with van der Waals surface area (Å²) in [4.78, 5) is 5.41. The second-order valence-electron chi connectivity index (χ2n) is 5.67. The zero-order valence-corrected chi connectivity index (χ0v) is 11.6. The molecule has 98 valence electrons. The van der Waals surface area contributed by atoms with E-state index in [9.17, 15) is 0 Å². The standard InChI is InChI=1S/C13H25N3S/c1-2-6-16(5-1)13-3-7-15(10-13)9-12-11-17-8-4-14-12/h12-14H,1-11H2. The smallest absolute Gasteiger partial charge is 0.0285 e. The van der Waals surface area contributed by atoms with E-state index in [0.717, 1.165) is 12.1 Å². The van der Waals surface area contributed by atoms with Crippen LogP contribution < -0.4 is 5.32 Å². The third-order valence-electron chi connectivity index (χ3n) is 4.38. The quantitative estimate of drug-likeness (QED) is 0.806.